The van der Waals surface area contributed by atoms with E-state index in [0.29, 0.717) is 23.9 Å². The minimum Gasteiger partial charge on any atom is -0.483 e. The number of alkyl halides is 3. The van der Waals surface area contributed by atoms with Gasteiger partial charge in [0.15, 0.2) is 6.61 Å². The van der Waals surface area contributed by atoms with Crippen molar-refractivity contribution in [3.8, 4) is 5.75 Å². The number of carbonyl (C=O) groups is 1. The van der Waals surface area contributed by atoms with Crippen LogP contribution in [0.5, 0.6) is 5.75 Å². The van der Waals surface area contributed by atoms with E-state index in [1.54, 1.807) is 19.1 Å². The Balaban J connectivity index is 2.76. The normalized spacial score (nSPS) is 12.8. The lowest BCUT2D eigenvalue weighted by Gasteiger charge is -2.16. The quantitative estimate of drug-likeness (QED) is 0.585. The number of carbonyl (C=O) groups excluding carboxylic acids is 1. The number of benzene rings is 1. The molecule has 0 fully saturated rings. The lowest BCUT2D eigenvalue weighted by Crippen LogP contribution is -2.20. The highest BCUT2D eigenvalue weighted by Gasteiger charge is 2.28. The topological polar surface area (TPSA) is 35.5 Å². The summed E-state index contributed by atoms with van der Waals surface area (Å²) in [6.07, 6.45) is -2.36. The Bertz CT molecular complexity index is 518. The molecule has 7 heteroatoms. The lowest BCUT2D eigenvalue weighted by molar-refractivity contribution is -0.153. The Morgan fingerprint density at radius 1 is 1.30 bits per heavy atom. The summed E-state index contributed by atoms with van der Waals surface area (Å²) in [5.41, 5.74) is 0.836. The molecule has 0 N–H and O–H groups in total. The van der Waals surface area contributed by atoms with E-state index in [9.17, 15) is 18.0 Å². The predicted molar refractivity (Wildman–Crippen MR) is 84.4 cm³/mol. The Hall–Kier alpha value is -1.24. The molecule has 130 valence electrons. The van der Waals surface area contributed by atoms with Crippen molar-refractivity contribution >= 4 is 21.9 Å². The van der Waals surface area contributed by atoms with Gasteiger partial charge in [0, 0.05) is 0 Å². The van der Waals surface area contributed by atoms with Crippen LogP contribution < -0.4 is 4.74 Å². The van der Waals surface area contributed by atoms with Crippen LogP contribution in [0.4, 0.5) is 13.2 Å². The third kappa shape index (κ3) is 7.24. The lowest BCUT2D eigenvalue weighted by atomic mass is 9.95. The number of hydrogen-bond acceptors (Lipinski definition) is 3. The summed E-state index contributed by atoms with van der Waals surface area (Å²) in [4.78, 5) is 11.9. The van der Waals surface area contributed by atoms with Crippen molar-refractivity contribution in [1.82, 2.24) is 0 Å². The van der Waals surface area contributed by atoms with Crippen molar-refractivity contribution in [3.63, 3.8) is 0 Å². The van der Waals surface area contributed by atoms with E-state index in [1.807, 2.05) is 6.92 Å². The van der Waals surface area contributed by atoms with Crippen molar-refractivity contribution in [2.24, 2.45) is 5.92 Å². The third-order valence-electron chi connectivity index (χ3n) is 3.13. The van der Waals surface area contributed by atoms with Crippen LogP contribution in [0.1, 0.15) is 32.3 Å². The van der Waals surface area contributed by atoms with Gasteiger partial charge in [-0.05, 0) is 53.4 Å². The molecule has 0 heterocycles. The molecule has 0 aromatic heterocycles. The van der Waals surface area contributed by atoms with Crippen LogP contribution in [0.3, 0.4) is 0 Å². The standard InChI is InChI=1S/C16H20BrF3O3/c1-3-5-12(15(21)22-4-2)8-11-6-7-14(13(17)9-11)23-10-16(18,19)20/h6-7,9,12H,3-5,8,10H2,1-2H3. The molecular formula is C16H20BrF3O3. The van der Waals surface area contributed by atoms with E-state index >= 15 is 0 Å². The molecule has 1 atom stereocenters. The molecule has 1 aromatic rings. The number of halogens is 4. The SMILES string of the molecule is CCCC(Cc1ccc(OCC(F)(F)F)c(Br)c1)C(=O)OCC. The first-order valence-corrected chi connectivity index (χ1v) is 8.20. The minimum absolute atomic E-state index is 0.120. The maximum atomic E-state index is 12.2. The predicted octanol–water partition coefficient (Wildman–Crippen LogP) is 4.91. The fourth-order valence-corrected chi connectivity index (χ4v) is 2.68. The second kappa shape index (κ2) is 9.15. The summed E-state index contributed by atoms with van der Waals surface area (Å²) < 4.78 is 46.8. The number of esters is 1. The van der Waals surface area contributed by atoms with Crippen molar-refractivity contribution < 1.29 is 27.4 Å². The van der Waals surface area contributed by atoms with Gasteiger partial charge in [0.25, 0.3) is 0 Å². The Labute approximate surface area is 142 Å². The molecule has 1 rings (SSSR count). The molecule has 0 aliphatic carbocycles. The maximum Gasteiger partial charge on any atom is 0.422 e. The fraction of sp³-hybridized carbons (Fsp3) is 0.562. The first kappa shape index (κ1) is 19.8. The maximum absolute atomic E-state index is 12.2. The van der Waals surface area contributed by atoms with E-state index < -0.39 is 12.8 Å². The second-order valence-electron chi connectivity index (χ2n) is 5.11. The molecular weight excluding hydrogens is 377 g/mol. The monoisotopic (exact) mass is 396 g/mol. The van der Waals surface area contributed by atoms with E-state index in [1.165, 1.54) is 6.07 Å². The van der Waals surface area contributed by atoms with Gasteiger partial charge >= 0.3 is 12.1 Å². The number of ether oxygens (including phenoxy) is 2. The van der Waals surface area contributed by atoms with Gasteiger partial charge < -0.3 is 9.47 Å². The first-order chi connectivity index (χ1) is 10.8. The number of rotatable bonds is 8. The molecule has 0 amide bonds. The summed E-state index contributed by atoms with van der Waals surface area (Å²) in [5, 5.41) is 0. The fourth-order valence-electron chi connectivity index (χ4n) is 2.14. The summed E-state index contributed by atoms with van der Waals surface area (Å²) >= 11 is 3.20. The van der Waals surface area contributed by atoms with Crippen molar-refractivity contribution in [2.75, 3.05) is 13.2 Å². The molecule has 0 spiro atoms. The Kier molecular flexibility index (Phi) is 7.88. The number of hydrogen-bond donors (Lipinski definition) is 0. The first-order valence-electron chi connectivity index (χ1n) is 7.41. The largest absolute Gasteiger partial charge is 0.483 e. The van der Waals surface area contributed by atoms with Crippen molar-refractivity contribution in [2.45, 2.75) is 39.3 Å². The molecule has 0 aliphatic rings. The van der Waals surface area contributed by atoms with Crippen LogP contribution in [0.15, 0.2) is 22.7 Å². The van der Waals surface area contributed by atoms with Crippen molar-refractivity contribution in [3.05, 3.63) is 28.2 Å². The molecule has 3 nitrogen and oxygen atoms in total. The zero-order valence-corrected chi connectivity index (χ0v) is 14.7. The van der Waals surface area contributed by atoms with Gasteiger partial charge in [-0.25, -0.2) is 0 Å². The molecule has 0 saturated carbocycles. The highest BCUT2D eigenvalue weighted by atomic mass is 79.9. The zero-order valence-electron chi connectivity index (χ0n) is 13.1. The molecule has 0 saturated heterocycles. The highest BCUT2D eigenvalue weighted by molar-refractivity contribution is 9.10. The Morgan fingerprint density at radius 2 is 2.00 bits per heavy atom. The van der Waals surface area contributed by atoms with Gasteiger partial charge in [-0.2, -0.15) is 13.2 Å². The van der Waals surface area contributed by atoms with Crippen LogP contribution in [0.25, 0.3) is 0 Å². The molecule has 0 bridgehead atoms. The van der Waals surface area contributed by atoms with Crippen LogP contribution >= 0.6 is 15.9 Å². The smallest absolute Gasteiger partial charge is 0.422 e. The average molecular weight is 397 g/mol. The summed E-state index contributed by atoms with van der Waals surface area (Å²) in [6.45, 7) is 2.72. The van der Waals surface area contributed by atoms with Crippen LogP contribution in [-0.2, 0) is 16.0 Å². The van der Waals surface area contributed by atoms with Crippen LogP contribution in [0, 0.1) is 5.92 Å². The van der Waals surface area contributed by atoms with Gasteiger partial charge in [0.2, 0.25) is 0 Å². The van der Waals surface area contributed by atoms with Gasteiger partial charge in [0.05, 0.1) is 17.0 Å². The van der Waals surface area contributed by atoms with E-state index in [2.05, 4.69) is 15.9 Å². The summed E-state index contributed by atoms with van der Waals surface area (Å²) in [6, 6.07) is 4.81. The molecule has 0 radical (unpaired) electrons. The Morgan fingerprint density at radius 3 is 2.52 bits per heavy atom. The molecule has 23 heavy (non-hydrogen) atoms. The van der Waals surface area contributed by atoms with Crippen LogP contribution in [0.2, 0.25) is 0 Å². The second-order valence-corrected chi connectivity index (χ2v) is 5.96. The highest BCUT2D eigenvalue weighted by Crippen LogP contribution is 2.29. The van der Waals surface area contributed by atoms with Gasteiger partial charge in [-0.15, -0.1) is 0 Å². The van der Waals surface area contributed by atoms with E-state index in [0.717, 1.165) is 12.0 Å². The summed E-state index contributed by atoms with van der Waals surface area (Å²) in [7, 11) is 0. The average Bonchev–Trinajstić information content (AvgIpc) is 2.45. The van der Waals surface area contributed by atoms with Crippen molar-refractivity contribution in [1.29, 1.82) is 0 Å². The zero-order chi connectivity index (χ0) is 17.5. The molecule has 1 aromatic carbocycles. The van der Waals surface area contributed by atoms with E-state index in [-0.39, 0.29) is 17.6 Å². The van der Waals surface area contributed by atoms with E-state index in [4.69, 9.17) is 9.47 Å². The third-order valence-corrected chi connectivity index (χ3v) is 3.75. The minimum atomic E-state index is -4.38. The van der Waals surface area contributed by atoms with Crippen LogP contribution in [-0.4, -0.2) is 25.4 Å². The summed E-state index contributed by atoms with van der Waals surface area (Å²) in [5.74, 6) is -0.383. The van der Waals surface area contributed by atoms with Gasteiger partial charge in [-0.1, -0.05) is 19.4 Å². The molecule has 0 aliphatic heterocycles. The van der Waals surface area contributed by atoms with Gasteiger partial charge in [0.1, 0.15) is 5.75 Å². The molecule has 1 unspecified atom stereocenters. The van der Waals surface area contributed by atoms with Gasteiger partial charge in [-0.3, -0.25) is 4.79 Å².